The zero-order valence-electron chi connectivity index (χ0n) is 15.2. The summed E-state index contributed by atoms with van der Waals surface area (Å²) in [4.78, 5) is 16.9. The quantitative estimate of drug-likeness (QED) is 0.630. The van der Waals surface area contributed by atoms with Gasteiger partial charge in [0.2, 0.25) is 15.9 Å². The highest BCUT2D eigenvalue weighted by Gasteiger charge is 2.22. The first-order valence-electron chi connectivity index (χ1n) is 8.29. The van der Waals surface area contributed by atoms with E-state index in [2.05, 4.69) is 10.3 Å². The molecule has 3 aromatic rings. The summed E-state index contributed by atoms with van der Waals surface area (Å²) in [6, 6.07) is 14.3. The van der Waals surface area contributed by atoms with Crippen molar-refractivity contribution in [1.82, 2.24) is 4.98 Å². The number of para-hydroxylation sites is 1. The Morgan fingerprint density at radius 2 is 1.86 bits per heavy atom. The molecule has 6 nitrogen and oxygen atoms in total. The van der Waals surface area contributed by atoms with Crippen molar-refractivity contribution in [2.75, 3.05) is 22.4 Å². The van der Waals surface area contributed by atoms with E-state index in [0.717, 1.165) is 21.7 Å². The van der Waals surface area contributed by atoms with Crippen molar-refractivity contribution in [1.29, 1.82) is 0 Å². The lowest BCUT2D eigenvalue weighted by atomic mass is 10.2. The molecule has 0 saturated carbocycles. The van der Waals surface area contributed by atoms with E-state index in [-0.39, 0.29) is 6.54 Å². The van der Waals surface area contributed by atoms with Crippen LogP contribution in [-0.4, -0.2) is 32.1 Å². The highest BCUT2D eigenvalue weighted by molar-refractivity contribution is 7.92. The Hall–Kier alpha value is -2.42. The minimum absolute atomic E-state index is 0.343. The van der Waals surface area contributed by atoms with Crippen molar-refractivity contribution in [3.63, 3.8) is 0 Å². The fourth-order valence-electron chi connectivity index (χ4n) is 2.64. The van der Waals surface area contributed by atoms with E-state index >= 15 is 0 Å². The highest BCUT2D eigenvalue weighted by Crippen LogP contribution is 2.30. The molecule has 28 heavy (non-hydrogen) atoms. The molecule has 2 aromatic carbocycles. The number of thiazole rings is 1. The number of sulfonamides is 1. The molecule has 0 saturated heterocycles. The van der Waals surface area contributed by atoms with Gasteiger partial charge in [-0.25, -0.2) is 13.4 Å². The predicted molar refractivity (Wildman–Crippen MR) is 115 cm³/mol. The van der Waals surface area contributed by atoms with Crippen LogP contribution in [0, 0.1) is 6.92 Å². The third-order valence-corrected chi connectivity index (χ3v) is 6.19. The molecule has 146 valence electrons. The third-order valence-electron chi connectivity index (χ3n) is 3.97. The molecule has 0 atom stereocenters. The van der Waals surface area contributed by atoms with Crippen LogP contribution in [0.3, 0.4) is 0 Å². The van der Waals surface area contributed by atoms with Gasteiger partial charge in [-0.05, 0) is 24.6 Å². The number of rotatable bonds is 6. The van der Waals surface area contributed by atoms with Crippen molar-refractivity contribution in [3.05, 3.63) is 64.5 Å². The smallest absolute Gasteiger partial charge is 0.246 e. The van der Waals surface area contributed by atoms with E-state index in [9.17, 15) is 13.2 Å². The normalized spacial score (nSPS) is 11.2. The molecule has 0 bridgehead atoms. The van der Waals surface area contributed by atoms with Gasteiger partial charge in [0.1, 0.15) is 6.54 Å². The fourth-order valence-corrected chi connectivity index (χ4v) is 4.51. The Morgan fingerprint density at radius 1 is 1.18 bits per heavy atom. The molecule has 1 heterocycles. The number of aryl methyl sites for hydroxylation is 1. The first kappa shape index (κ1) is 20.3. The topological polar surface area (TPSA) is 79.4 Å². The van der Waals surface area contributed by atoms with Gasteiger partial charge in [-0.15, -0.1) is 11.3 Å². The lowest BCUT2D eigenvalue weighted by molar-refractivity contribution is -0.114. The lowest BCUT2D eigenvalue weighted by Gasteiger charge is -2.23. The van der Waals surface area contributed by atoms with E-state index in [4.69, 9.17) is 11.6 Å². The van der Waals surface area contributed by atoms with Gasteiger partial charge in [-0.1, -0.05) is 48.0 Å². The fraction of sp³-hybridized carbons (Fsp3) is 0.158. The van der Waals surface area contributed by atoms with Gasteiger partial charge >= 0.3 is 0 Å². The van der Waals surface area contributed by atoms with Crippen molar-refractivity contribution in [3.8, 4) is 11.3 Å². The predicted octanol–water partition coefficient (Wildman–Crippen LogP) is 4.18. The van der Waals surface area contributed by atoms with E-state index in [1.807, 2.05) is 24.3 Å². The van der Waals surface area contributed by atoms with Crippen molar-refractivity contribution < 1.29 is 13.2 Å². The summed E-state index contributed by atoms with van der Waals surface area (Å²) in [6.45, 7) is 1.45. The zero-order chi connectivity index (χ0) is 20.3. The molecule has 0 aliphatic carbocycles. The SMILES string of the molecule is Cc1ccccc1N(CC(=O)Nc1nc(-c2ccccc2Cl)cs1)S(C)(=O)=O. The molecule has 0 aliphatic heterocycles. The van der Waals surface area contributed by atoms with Gasteiger partial charge in [0, 0.05) is 16.0 Å². The summed E-state index contributed by atoms with van der Waals surface area (Å²) in [5.74, 6) is -0.478. The summed E-state index contributed by atoms with van der Waals surface area (Å²) in [6.07, 6.45) is 1.08. The van der Waals surface area contributed by atoms with E-state index in [1.54, 1.807) is 36.6 Å². The molecular weight excluding hydrogens is 418 g/mol. The molecule has 3 rings (SSSR count). The molecule has 0 aliphatic rings. The Kier molecular flexibility index (Phi) is 6.02. The number of nitrogens with one attached hydrogen (secondary N) is 1. The molecule has 0 spiro atoms. The number of nitrogens with zero attached hydrogens (tertiary/aromatic N) is 2. The standard InChI is InChI=1S/C19H18ClN3O3S2/c1-13-7-3-6-10-17(13)23(28(2,25)26)11-18(24)22-19-21-16(12-27-19)14-8-4-5-9-15(14)20/h3-10,12H,11H2,1-2H3,(H,21,22,24). The molecule has 9 heteroatoms. The van der Waals surface area contributed by atoms with Crippen LogP contribution in [0.1, 0.15) is 5.56 Å². The maximum atomic E-state index is 12.5. The van der Waals surface area contributed by atoms with Crippen LogP contribution in [0.25, 0.3) is 11.3 Å². The van der Waals surface area contributed by atoms with Gasteiger partial charge < -0.3 is 5.32 Å². The molecule has 0 radical (unpaired) electrons. The van der Waals surface area contributed by atoms with Crippen LogP contribution >= 0.6 is 22.9 Å². The highest BCUT2D eigenvalue weighted by atomic mass is 35.5. The Bertz CT molecular complexity index is 1110. The zero-order valence-corrected chi connectivity index (χ0v) is 17.6. The monoisotopic (exact) mass is 435 g/mol. The van der Waals surface area contributed by atoms with E-state index in [1.165, 1.54) is 11.3 Å². The first-order valence-corrected chi connectivity index (χ1v) is 11.4. The second-order valence-electron chi connectivity index (χ2n) is 6.12. The largest absolute Gasteiger partial charge is 0.300 e. The number of benzene rings is 2. The maximum absolute atomic E-state index is 12.5. The molecule has 0 fully saturated rings. The number of carbonyl (C=O) groups excluding carboxylic acids is 1. The van der Waals surface area contributed by atoms with Crippen LogP contribution in [0.15, 0.2) is 53.9 Å². The van der Waals surface area contributed by atoms with Crippen molar-refractivity contribution >= 4 is 49.7 Å². The summed E-state index contributed by atoms with van der Waals surface area (Å²) < 4.78 is 25.5. The summed E-state index contributed by atoms with van der Waals surface area (Å²) in [5.41, 5.74) is 2.63. The number of carbonyl (C=O) groups is 1. The number of hydrogen-bond acceptors (Lipinski definition) is 5. The Labute approximate surface area is 172 Å². The average Bonchev–Trinajstić information content (AvgIpc) is 3.08. The summed E-state index contributed by atoms with van der Waals surface area (Å²) in [5, 5.41) is 5.38. The Morgan fingerprint density at radius 3 is 2.54 bits per heavy atom. The van der Waals surface area contributed by atoms with Crippen molar-refractivity contribution in [2.24, 2.45) is 0 Å². The molecule has 0 unspecified atom stereocenters. The Balaban J connectivity index is 1.78. The van der Waals surface area contributed by atoms with Crippen molar-refractivity contribution in [2.45, 2.75) is 6.92 Å². The first-order chi connectivity index (χ1) is 13.3. The van der Waals surface area contributed by atoms with Gasteiger partial charge in [-0.2, -0.15) is 0 Å². The van der Waals surface area contributed by atoms with E-state index < -0.39 is 15.9 Å². The molecular formula is C19H18ClN3O3S2. The average molecular weight is 436 g/mol. The number of aromatic nitrogens is 1. The second kappa shape index (κ2) is 8.30. The summed E-state index contributed by atoms with van der Waals surface area (Å²) in [7, 11) is -3.63. The van der Waals surface area contributed by atoms with Gasteiger partial charge in [-0.3, -0.25) is 9.10 Å². The lowest BCUT2D eigenvalue weighted by Crippen LogP contribution is -2.37. The van der Waals surface area contributed by atoms with Gasteiger partial charge in [0.05, 0.1) is 17.6 Å². The van der Waals surface area contributed by atoms with Crippen LogP contribution in [0.5, 0.6) is 0 Å². The number of halogens is 1. The van der Waals surface area contributed by atoms with Gasteiger partial charge in [0.25, 0.3) is 0 Å². The number of hydrogen-bond donors (Lipinski definition) is 1. The maximum Gasteiger partial charge on any atom is 0.246 e. The van der Waals surface area contributed by atoms with Crippen LogP contribution < -0.4 is 9.62 Å². The number of amides is 1. The van der Waals surface area contributed by atoms with E-state index in [0.29, 0.717) is 21.5 Å². The molecule has 1 amide bonds. The minimum Gasteiger partial charge on any atom is -0.300 e. The summed E-state index contributed by atoms with van der Waals surface area (Å²) >= 11 is 7.42. The van der Waals surface area contributed by atoms with Crippen LogP contribution in [0.4, 0.5) is 10.8 Å². The minimum atomic E-state index is -3.63. The number of anilines is 2. The van der Waals surface area contributed by atoms with Gasteiger partial charge in [0.15, 0.2) is 5.13 Å². The third kappa shape index (κ3) is 4.70. The van der Waals surface area contributed by atoms with Crippen LogP contribution in [-0.2, 0) is 14.8 Å². The van der Waals surface area contributed by atoms with Crippen LogP contribution in [0.2, 0.25) is 5.02 Å². The molecule has 1 aromatic heterocycles. The molecule has 1 N–H and O–H groups in total. The second-order valence-corrected chi connectivity index (χ2v) is 9.29.